The van der Waals surface area contributed by atoms with Gasteiger partial charge in [0.15, 0.2) is 16.7 Å². The predicted molar refractivity (Wildman–Crippen MR) is 160 cm³/mol. The second kappa shape index (κ2) is 12.7. The van der Waals surface area contributed by atoms with Gasteiger partial charge in [-0.1, -0.05) is 115 Å². The van der Waals surface area contributed by atoms with E-state index in [2.05, 4.69) is 20.5 Å². The van der Waals surface area contributed by atoms with Crippen molar-refractivity contribution in [2.75, 3.05) is 0 Å². The molecule has 0 radical (unpaired) electrons. The Hall–Kier alpha value is -5.02. The van der Waals surface area contributed by atoms with Crippen molar-refractivity contribution in [3.8, 4) is 17.1 Å². The number of rotatable bonds is 10. The van der Waals surface area contributed by atoms with E-state index < -0.39 is 5.82 Å². The molecule has 7 nitrogen and oxygen atoms in total. The first-order valence-corrected chi connectivity index (χ1v) is 14.4. The topological polar surface area (TPSA) is 85.8 Å². The normalized spacial score (nSPS) is 11.7. The van der Waals surface area contributed by atoms with Gasteiger partial charge >= 0.3 is 0 Å². The highest BCUT2D eigenvalue weighted by Gasteiger charge is 2.22. The van der Waals surface area contributed by atoms with Gasteiger partial charge in [0.2, 0.25) is 5.89 Å². The molecule has 1 N–H and O–H groups in total. The molecule has 9 heteroatoms. The zero-order chi connectivity index (χ0) is 28.7. The molecule has 2 aromatic heterocycles. The number of nitrogens with one attached hydrogen (secondary N) is 1. The molecule has 0 spiro atoms. The number of thioether (sulfide) groups is 1. The van der Waals surface area contributed by atoms with E-state index in [1.165, 1.54) is 24.1 Å². The number of carbonyl (C=O) groups is 1. The van der Waals surface area contributed by atoms with Gasteiger partial charge in [-0.3, -0.25) is 9.36 Å². The summed E-state index contributed by atoms with van der Waals surface area (Å²) in [5.41, 5.74) is 3.42. The molecule has 6 aromatic rings. The summed E-state index contributed by atoms with van der Waals surface area (Å²) in [7, 11) is 0. The van der Waals surface area contributed by atoms with Gasteiger partial charge < -0.3 is 9.73 Å². The van der Waals surface area contributed by atoms with Crippen molar-refractivity contribution in [2.24, 2.45) is 0 Å². The summed E-state index contributed by atoms with van der Waals surface area (Å²) in [6.45, 7) is 0. The summed E-state index contributed by atoms with van der Waals surface area (Å²) in [4.78, 5) is 17.7. The standard InChI is InChI=1S/C33H26FN5O2S/c34-26-18-10-11-19-29(26)39-31(25-16-8-3-9-17-25)37-38-33(39)42-22-30-35-28(21-41-30)32(40)36-27(24-14-6-2-7-15-24)20-23-12-4-1-5-13-23/h1-19,21,27H,20,22H2,(H,36,40). The lowest BCUT2D eigenvalue weighted by molar-refractivity contribution is 0.0931. The fourth-order valence-corrected chi connectivity index (χ4v) is 5.41. The third-order valence-electron chi connectivity index (χ3n) is 6.66. The van der Waals surface area contributed by atoms with E-state index in [0.717, 1.165) is 16.7 Å². The fraction of sp³-hybridized carbons (Fsp3) is 0.0909. The van der Waals surface area contributed by atoms with Crippen molar-refractivity contribution in [2.45, 2.75) is 23.4 Å². The Morgan fingerprint density at radius 3 is 2.26 bits per heavy atom. The Labute approximate surface area is 246 Å². The zero-order valence-electron chi connectivity index (χ0n) is 22.4. The van der Waals surface area contributed by atoms with E-state index in [1.54, 1.807) is 22.8 Å². The SMILES string of the molecule is O=C(NC(Cc1ccccc1)c1ccccc1)c1coc(CSc2nnc(-c3ccccc3)n2-c2ccccc2F)n1. The maximum atomic E-state index is 14.9. The molecule has 4 aromatic carbocycles. The van der Waals surface area contributed by atoms with Gasteiger partial charge in [-0.25, -0.2) is 9.37 Å². The van der Waals surface area contributed by atoms with Crippen molar-refractivity contribution in [1.29, 1.82) is 0 Å². The van der Waals surface area contributed by atoms with Gasteiger partial charge in [0.25, 0.3) is 5.91 Å². The minimum atomic E-state index is -0.394. The molecule has 0 fully saturated rings. The monoisotopic (exact) mass is 575 g/mol. The van der Waals surface area contributed by atoms with Crippen LogP contribution in [0.25, 0.3) is 17.1 Å². The number of hydrogen-bond donors (Lipinski definition) is 1. The molecule has 0 aliphatic rings. The van der Waals surface area contributed by atoms with Crippen molar-refractivity contribution in [3.05, 3.63) is 150 Å². The van der Waals surface area contributed by atoms with E-state index in [-0.39, 0.29) is 23.4 Å². The molecule has 1 amide bonds. The maximum Gasteiger partial charge on any atom is 0.273 e. The van der Waals surface area contributed by atoms with Crippen LogP contribution in [0.15, 0.2) is 131 Å². The first-order valence-electron chi connectivity index (χ1n) is 13.4. The predicted octanol–water partition coefficient (Wildman–Crippen LogP) is 7.07. The highest BCUT2D eigenvalue weighted by atomic mass is 32.2. The Morgan fingerprint density at radius 2 is 1.52 bits per heavy atom. The minimum Gasteiger partial charge on any atom is -0.447 e. The number of amides is 1. The number of carbonyl (C=O) groups excluding carboxylic acids is 1. The van der Waals surface area contributed by atoms with Crippen molar-refractivity contribution < 1.29 is 13.6 Å². The van der Waals surface area contributed by atoms with E-state index >= 15 is 0 Å². The van der Waals surface area contributed by atoms with Crippen LogP contribution in [0.5, 0.6) is 0 Å². The first-order chi connectivity index (χ1) is 20.7. The second-order valence-corrected chi connectivity index (χ2v) is 10.4. The number of oxazole rings is 1. The number of halogens is 1. The number of para-hydroxylation sites is 1. The molecular weight excluding hydrogens is 549 g/mol. The van der Waals surface area contributed by atoms with Gasteiger partial charge in [-0.05, 0) is 29.7 Å². The van der Waals surface area contributed by atoms with Crippen LogP contribution < -0.4 is 5.32 Å². The minimum absolute atomic E-state index is 0.181. The van der Waals surface area contributed by atoms with Crippen LogP contribution in [-0.4, -0.2) is 25.7 Å². The van der Waals surface area contributed by atoms with E-state index in [4.69, 9.17) is 4.42 Å². The molecule has 0 saturated heterocycles. The van der Waals surface area contributed by atoms with Crippen LogP contribution in [0.3, 0.4) is 0 Å². The lowest BCUT2D eigenvalue weighted by Crippen LogP contribution is -2.30. The van der Waals surface area contributed by atoms with E-state index in [1.807, 2.05) is 91.0 Å². The molecule has 208 valence electrons. The Balaban J connectivity index is 1.20. The quantitative estimate of drug-likeness (QED) is 0.176. The van der Waals surface area contributed by atoms with Crippen LogP contribution in [0.2, 0.25) is 0 Å². The molecule has 0 aliphatic heterocycles. The molecule has 1 atom stereocenters. The highest BCUT2D eigenvalue weighted by Crippen LogP contribution is 2.30. The van der Waals surface area contributed by atoms with Crippen LogP contribution in [0.1, 0.15) is 33.5 Å². The smallest absolute Gasteiger partial charge is 0.273 e. The molecule has 42 heavy (non-hydrogen) atoms. The molecular formula is C33H26FN5O2S. The number of benzene rings is 4. The van der Waals surface area contributed by atoms with Crippen LogP contribution >= 0.6 is 11.8 Å². The number of hydrogen-bond acceptors (Lipinski definition) is 6. The second-order valence-electron chi connectivity index (χ2n) is 9.50. The maximum absolute atomic E-state index is 14.9. The average molecular weight is 576 g/mol. The molecule has 0 bridgehead atoms. The number of aromatic nitrogens is 4. The van der Waals surface area contributed by atoms with Gasteiger partial charge in [0.05, 0.1) is 17.5 Å². The first kappa shape index (κ1) is 27.2. The Kier molecular flexibility index (Phi) is 8.19. The summed E-state index contributed by atoms with van der Waals surface area (Å²) in [5, 5.41) is 12.3. The largest absolute Gasteiger partial charge is 0.447 e. The lowest BCUT2D eigenvalue weighted by atomic mass is 9.99. The van der Waals surface area contributed by atoms with Crippen molar-refractivity contribution in [3.63, 3.8) is 0 Å². The molecule has 6 rings (SSSR count). The zero-order valence-corrected chi connectivity index (χ0v) is 23.2. The van der Waals surface area contributed by atoms with E-state index in [9.17, 15) is 9.18 Å². The van der Waals surface area contributed by atoms with E-state index in [0.29, 0.717) is 29.0 Å². The summed E-state index contributed by atoms with van der Waals surface area (Å²) >= 11 is 1.29. The van der Waals surface area contributed by atoms with Gasteiger partial charge in [-0.2, -0.15) is 0 Å². The summed E-state index contributed by atoms with van der Waals surface area (Å²) < 4.78 is 22.2. The van der Waals surface area contributed by atoms with Gasteiger partial charge in [0.1, 0.15) is 12.1 Å². The third-order valence-corrected chi connectivity index (χ3v) is 7.57. The summed E-state index contributed by atoms with van der Waals surface area (Å²) in [6.07, 6.45) is 1.99. The van der Waals surface area contributed by atoms with Crippen molar-refractivity contribution >= 4 is 17.7 Å². The highest BCUT2D eigenvalue weighted by molar-refractivity contribution is 7.98. The third kappa shape index (κ3) is 6.16. The summed E-state index contributed by atoms with van der Waals surface area (Å²) in [6, 6.07) is 35.6. The van der Waals surface area contributed by atoms with Gasteiger partial charge in [0, 0.05) is 5.56 Å². The van der Waals surface area contributed by atoms with Crippen LogP contribution in [0.4, 0.5) is 4.39 Å². The number of nitrogens with zero attached hydrogens (tertiary/aromatic N) is 4. The van der Waals surface area contributed by atoms with Gasteiger partial charge in [-0.15, -0.1) is 10.2 Å². The Morgan fingerprint density at radius 1 is 0.857 bits per heavy atom. The summed E-state index contributed by atoms with van der Waals surface area (Å²) in [5.74, 6) is 0.395. The molecule has 0 aliphatic carbocycles. The average Bonchev–Trinajstić information content (AvgIpc) is 3.69. The van der Waals surface area contributed by atoms with Crippen molar-refractivity contribution in [1.82, 2.24) is 25.1 Å². The van der Waals surface area contributed by atoms with Crippen LogP contribution in [0, 0.1) is 5.82 Å². The Bertz CT molecular complexity index is 1770. The molecule has 2 heterocycles. The fourth-order valence-electron chi connectivity index (χ4n) is 4.62. The molecule has 0 saturated carbocycles. The lowest BCUT2D eigenvalue weighted by Gasteiger charge is -2.19. The molecule has 1 unspecified atom stereocenters. The van der Waals surface area contributed by atoms with Crippen LogP contribution in [-0.2, 0) is 12.2 Å².